The minimum absolute atomic E-state index is 0.00634. The number of carbonyl (C=O) groups is 4. The van der Waals surface area contributed by atoms with Crippen LogP contribution in [0.4, 0.5) is 10.5 Å². The Morgan fingerprint density at radius 2 is 1.87 bits per heavy atom. The molecule has 1 aromatic carbocycles. The number of hydrogen-bond donors (Lipinski definition) is 3. The molecule has 3 amide bonds. The van der Waals surface area contributed by atoms with Crippen LogP contribution in [0, 0.1) is 11.8 Å². The van der Waals surface area contributed by atoms with E-state index in [2.05, 4.69) is 16.7 Å². The normalized spacial score (nSPS) is 33.3. The minimum atomic E-state index is -1.76. The molecule has 1 aromatic rings. The molecule has 2 saturated heterocycles. The van der Waals surface area contributed by atoms with Crippen LogP contribution < -0.4 is 20.3 Å². The molecule has 4 bridgehead atoms. The van der Waals surface area contributed by atoms with Gasteiger partial charge in [0, 0.05) is 33.5 Å². The van der Waals surface area contributed by atoms with E-state index in [0.717, 1.165) is 11.1 Å². The van der Waals surface area contributed by atoms with Gasteiger partial charge in [0.1, 0.15) is 40.7 Å². The molecule has 3 aliphatic heterocycles. The maximum Gasteiger partial charge on any atom is 0.409 e. The standard InChI is InChI=1S/C37H55ClN4O10/c1-19-12-20(2)14-29(49-11)37(47)18-27(50-35(46)40-37)21(3)32-36(6,52-32)28(51-34(45)23(5)41(8)33(44)22(4)39-7)17-30(43)42(9)25-15-24(13-19)16-26(48-10)31(25)38/h12,15-16,20-23,27-29,32,39,47H,13-14,17-18H2,1-11H3,(H,40,46)/b19-12+. The van der Waals surface area contributed by atoms with Crippen molar-refractivity contribution >= 4 is 41.2 Å². The molecule has 10 unspecified atom stereocenters. The van der Waals surface area contributed by atoms with Crippen LogP contribution in [0.15, 0.2) is 23.8 Å². The van der Waals surface area contributed by atoms with E-state index in [4.69, 9.17) is 35.3 Å². The molecule has 0 radical (unpaired) electrons. The number of halogens is 1. The number of amides is 3. The molecule has 52 heavy (non-hydrogen) atoms. The molecule has 2 fully saturated rings. The first kappa shape index (κ1) is 41.3. The Morgan fingerprint density at radius 3 is 2.48 bits per heavy atom. The molecule has 3 N–H and O–H groups in total. The number of epoxide rings is 1. The number of benzene rings is 1. The highest BCUT2D eigenvalue weighted by Crippen LogP contribution is 2.49. The van der Waals surface area contributed by atoms with Crippen LogP contribution in [0.5, 0.6) is 5.75 Å². The van der Waals surface area contributed by atoms with Gasteiger partial charge in [-0.05, 0) is 71.2 Å². The van der Waals surface area contributed by atoms with Gasteiger partial charge in [0.2, 0.25) is 11.8 Å². The van der Waals surface area contributed by atoms with Crippen molar-refractivity contribution in [1.82, 2.24) is 15.5 Å². The van der Waals surface area contributed by atoms with Gasteiger partial charge < -0.3 is 43.9 Å². The van der Waals surface area contributed by atoms with E-state index >= 15 is 0 Å². The quantitative estimate of drug-likeness (QED) is 0.212. The van der Waals surface area contributed by atoms with Crippen molar-refractivity contribution in [3.05, 3.63) is 34.4 Å². The lowest BCUT2D eigenvalue weighted by Crippen LogP contribution is -2.64. The highest BCUT2D eigenvalue weighted by Gasteiger charge is 2.64. The number of likely N-dealkylation sites (N-methyl/N-ethyl adjacent to an activating group) is 2. The first-order valence-electron chi connectivity index (χ1n) is 17.7. The average Bonchev–Trinajstić information content (AvgIpc) is 3.79. The summed E-state index contributed by atoms with van der Waals surface area (Å²) in [4.78, 5) is 56.3. The van der Waals surface area contributed by atoms with Gasteiger partial charge in [-0.15, -0.1) is 0 Å². The van der Waals surface area contributed by atoms with Crippen LogP contribution >= 0.6 is 11.6 Å². The van der Waals surface area contributed by atoms with E-state index in [1.807, 2.05) is 32.9 Å². The molecular weight excluding hydrogens is 696 g/mol. The zero-order chi connectivity index (χ0) is 38.9. The number of nitrogens with one attached hydrogen (secondary N) is 2. The van der Waals surface area contributed by atoms with E-state index in [9.17, 15) is 24.3 Å². The number of hydrogen-bond acceptors (Lipinski definition) is 11. The third-order valence-electron chi connectivity index (χ3n) is 10.9. The van der Waals surface area contributed by atoms with Crippen LogP contribution in [0.25, 0.3) is 0 Å². The second kappa shape index (κ2) is 16.3. The van der Waals surface area contributed by atoms with Gasteiger partial charge in [0.15, 0.2) is 5.72 Å². The van der Waals surface area contributed by atoms with Crippen molar-refractivity contribution in [2.24, 2.45) is 11.8 Å². The van der Waals surface area contributed by atoms with Gasteiger partial charge in [0.25, 0.3) is 0 Å². The van der Waals surface area contributed by atoms with Crippen molar-refractivity contribution in [3.63, 3.8) is 0 Å². The lowest BCUT2D eigenvalue weighted by atomic mass is 9.82. The smallest absolute Gasteiger partial charge is 0.409 e. The summed E-state index contributed by atoms with van der Waals surface area (Å²) in [5, 5.41) is 17.6. The zero-order valence-electron chi connectivity index (χ0n) is 32.1. The summed E-state index contributed by atoms with van der Waals surface area (Å²) in [7, 11) is 7.72. The molecule has 0 aliphatic carbocycles. The van der Waals surface area contributed by atoms with Gasteiger partial charge in [-0.2, -0.15) is 0 Å². The Kier molecular flexibility index (Phi) is 13.0. The summed E-state index contributed by atoms with van der Waals surface area (Å²) in [6.07, 6.45) is -1.52. The largest absolute Gasteiger partial charge is 0.495 e. The fourth-order valence-electron chi connectivity index (χ4n) is 7.27. The summed E-state index contributed by atoms with van der Waals surface area (Å²) in [5.41, 5.74) is -0.706. The van der Waals surface area contributed by atoms with Crippen molar-refractivity contribution in [2.75, 3.05) is 40.3 Å². The van der Waals surface area contributed by atoms with Crippen molar-refractivity contribution in [1.29, 1.82) is 0 Å². The van der Waals surface area contributed by atoms with Gasteiger partial charge >= 0.3 is 12.1 Å². The van der Waals surface area contributed by atoms with Crippen LogP contribution in [0.2, 0.25) is 5.02 Å². The molecule has 0 aromatic heterocycles. The summed E-state index contributed by atoms with van der Waals surface area (Å²) < 4.78 is 29.4. The molecular formula is C37H55ClN4O10. The molecule has 3 aliphatic rings. The number of methoxy groups -OCH3 is 2. The molecule has 10 atom stereocenters. The maximum atomic E-state index is 14.1. The molecule has 290 valence electrons. The summed E-state index contributed by atoms with van der Waals surface area (Å²) >= 11 is 6.78. The third kappa shape index (κ3) is 8.68. The fraction of sp³-hybridized carbons (Fsp3) is 0.676. The molecule has 14 nitrogen and oxygen atoms in total. The number of anilines is 1. The van der Waals surface area contributed by atoms with Crippen LogP contribution in [0.1, 0.15) is 66.4 Å². The highest BCUT2D eigenvalue weighted by molar-refractivity contribution is 6.35. The minimum Gasteiger partial charge on any atom is -0.495 e. The number of alkyl carbamates (subject to hydrolysis) is 1. The summed E-state index contributed by atoms with van der Waals surface area (Å²) in [6, 6.07) is 2.10. The second-order valence-corrected chi connectivity index (χ2v) is 15.1. The van der Waals surface area contributed by atoms with Gasteiger partial charge in [-0.3, -0.25) is 14.9 Å². The van der Waals surface area contributed by atoms with Crippen LogP contribution in [0.3, 0.4) is 0 Å². The predicted molar refractivity (Wildman–Crippen MR) is 194 cm³/mol. The van der Waals surface area contributed by atoms with E-state index in [0.29, 0.717) is 24.3 Å². The molecule has 0 spiro atoms. The predicted octanol–water partition coefficient (Wildman–Crippen LogP) is 3.59. The Bertz CT molecular complexity index is 1560. The number of rotatable bonds is 7. The van der Waals surface area contributed by atoms with Crippen molar-refractivity contribution < 1.29 is 48.0 Å². The summed E-state index contributed by atoms with van der Waals surface area (Å²) in [6.45, 7) is 10.8. The zero-order valence-corrected chi connectivity index (χ0v) is 32.8. The number of carbonyl (C=O) groups excluding carboxylic acids is 4. The fourth-order valence-corrected chi connectivity index (χ4v) is 7.58. The van der Waals surface area contributed by atoms with Crippen molar-refractivity contribution in [2.45, 2.75) is 115 Å². The lowest BCUT2D eigenvalue weighted by molar-refractivity contribution is -0.162. The number of fused-ring (bicyclic) bond motifs is 5. The number of aliphatic hydroxyl groups is 1. The molecule has 0 saturated carbocycles. The maximum absolute atomic E-state index is 14.1. The highest BCUT2D eigenvalue weighted by atomic mass is 35.5. The molecule has 4 rings (SSSR count). The van der Waals surface area contributed by atoms with Crippen molar-refractivity contribution in [3.8, 4) is 5.75 Å². The van der Waals surface area contributed by atoms with Gasteiger partial charge in [0.05, 0.1) is 31.4 Å². The van der Waals surface area contributed by atoms with E-state index in [1.54, 1.807) is 34.9 Å². The van der Waals surface area contributed by atoms with Crippen LogP contribution in [-0.4, -0.2) is 117 Å². The van der Waals surface area contributed by atoms with Gasteiger partial charge in [-0.1, -0.05) is 37.1 Å². The number of allylic oxidation sites excluding steroid dienone is 2. The van der Waals surface area contributed by atoms with E-state index in [-0.39, 0.29) is 29.7 Å². The van der Waals surface area contributed by atoms with Gasteiger partial charge in [-0.25, -0.2) is 9.59 Å². The monoisotopic (exact) mass is 750 g/mol. The Labute approximate surface area is 311 Å². The van der Waals surface area contributed by atoms with E-state index < -0.39 is 71.7 Å². The third-order valence-corrected chi connectivity index (χ3v) is 11.2. The number of ether oxygens (including phenoxy) is 5. The first-order chi connectivity index (χ1) is 24.3. The number of nitrogens with zero attached hydrogens (tertiary/aromatic N) is 2. The first-order valence-corrected chi connectivity index (χ1v) is 18.0. The topological polar surface area (TPSA) is 169 Å². The Morgan fingerprint density at radius 1 is 1.19 bits per heavy atom. The average molecular weight is 751 g/mol. The lowest BCUT2D eigenvalue weighted by Gasteiger charge is -2.43. The SMILES string of the molecule is CNC(C)C(=O)N(C)C(C)C(=O)OC1CC(=O)N(C)c2cc(cc(OC)c2Cl)C/C(C)=C/C(C)CC(OC)C2(O)CC(OC(=O)N2)C(C)C2OC12C. The summed E-state index contributed by atoms with van der Waals surface area (Å²) in [5.74, 6) is -1.66. The molecule has 15 heteroatoms. The number of esters is 1. The van der Waals surface area contributed by atoms with E-state index in [1.165, 1.54) is 31.1 Å². The Balaban J connectivity index is 1.78. The van der Waals surface area contributed by atoms with Crippen LogP contribution in [-0.2, 0) is 39.8 Å². The Hall–Kier alpha value is -3.43. The second-order valence-electron chi connectivity index (χ2n) is 14.8. The molecule has 3 heterocycles.